The van der Waals surface area contributed by atoms with Crippen molar-refractivity contribution < 1.29 is 14.7 Å². The molecular formula is C12H9N3O5. The van der Waals surface area contributed by atoms with Gasteiger partial charge in [-0.25, -0.2) is 9.59 Å². The smallest absolute Gasteiger partial charge is 0.362 e. The van der Waals surface area contributed by atoms with Crippen LogP contribution in [0.15, 0.2) is 33.9 Å². The van der Waals surface area contributed by atoms with Gasteiger partial charge in [-0.3, -0.25) is 14.6 Å². The quantitative estimate of drug-likeness (QED) is 0.749. The van der Waals surface area contributed by atoms with E-state index >= 15 is 0 Å². The Bertz CT molecular complexity index is 801. The van der Waals surface area contributed by atoms with Gasteiger partial charge in [0.2, 0.25) is 5.69 Å². The van der Waals surface area contributed by atoms with Crippen molar-refractivity contribution in [3.05, 3.63) is 56.4 Å². The Hall–Kier alpha value is -3.03. The van der Waals surface area contributed by atoms with Gasteiger partial charge in [0.05, 0.1) is 5.69 Å². The molecular weight excluding hydrogens is 266 g/mol. The average molecular weight is 275 g/mol. The first-order chi connectivity index (χ1) is 9.40. The number of hydrogen-bond acceptors (Lipinski definition) is 5. The molecule has 1 aromatic carbocycles. The second-order valence-corrected chi connectivity index (χ2v) is 3.93. The van der Waals surface area contributed by atoms with Crippen LogP contribution < -0.4 is 11.2 Å². The molecule has 0 bridgehead atoms. The van der Waals surface area contributed by atoms with E-state index in [0.717, 1.165) is 4.68 Å². The molecule has 1 aromatic heterocycles. The fourth-order valence-corrected chi connectivity index (χ4v) is 1.55. The molecule has 0 aliphatic rings. The second kappa shape index (κ2) is 4.92. The predicted octanol–water partition coefficient (Wildman–Crippen LogP) is -0.178. The fourth-order valence-electron chi connectivity index (χ4n) is 1.55. The van der Waals surface area contributed by atoms with Gasteiger partial charge in [-0.15, -0.1) is 0 Å². The number of rotatable bonds is 3. The molecule has 20 heavy (non-hydrogen) atoms. The predicted molar refractivity (Wildman–Crippen MR) is 67.4 cm³/mol. The number of carbonyl (C=O) groups excluding carboxylic acids is 1. The minimum Gasteiger partial charge on any atom is -0.476 e. The van der Waals surface area contributed by atoms with Gasteiger partial charge in [-0.2, -0.15) is 9.78 Å². The summed E-state index contributed by atoms with van der Waals surface area (Å²) < 4.78 is 0.745. The van der Waals surface area contributed by atoms with Crippen molar-refractivity contribution >= 4 is 11.8 Å². The number of Topliss-reactive ketones (excluding diaryl/α,β-unsaturated/α-hetero) is 1. The maximum absolute atomic E-state index is 11.6. The standard InChI is InChI=1S/C12H9N3O5/c1-6(16)7-2-4-8(5-3-7)15-12(20)13-10(17)9(14-15)11(18)19/h2-5H,1H3,(H,18,19)(H,13,17,20). The molecule has 8 nitrogen and oxygen atoms in total. The highest BCUT2D eigenvalue weighted by molar-refractivity contribution is 5.94. The summed E-state index contributed by atoms with van der Waals surface area (Å²) in [6.07, 6.45) is 0. The van der Waals surface area contributed by atoms with Crippen molar-refractivity contribution in [3.8, 4) is 5.69 Å². The molecule has 0 amide bonds. The van der Waals surface area contributed by atoms with E-state index in [9.17, 15) is 19.2 Å². The van der Waals surface area contributed by atoms with Crippen molar-refractivity contribution in [3.63, 3.8) is 0 Å². The van der Waals surface area contributed by atoms with E-state index < -0.39 is 22.9 Å². The molecule has 0 unspecified atom stereocenters. The molecule has 2 rings (SSSR count). The summed E-state index contributed by atoms with van der Waals surface area (Å²) in [4.78, 5) is 46.7. The Morgan fingerprint density at radius 3 is 2.30 bits per heavy atom. The minimum atomic E-state index is -1.54. The van der Waals surface area contributed by atoms with Crippen LogP contribution in [0.4, 0.5) is 0 Å². The topological polar surface area (TPSA) is 122 Å². The van der Waals surface area contributed by atoms with Crippen LogP contribution in [0.2, 0.25) is 0 Å². The van der Waals surface area contributed by atoms with E-state index in [-0.39, 0.29) is 11.5 Å². The molecule has 0 saturated carbocycles. The number of carboxylic acids is 1. The number of carbonyl (C=O) groups is 2. The molecule has 0 aliphatic carbocycles. The Kier molecular flexibility index (Phi) is 3.30. The number of aromatic nitrogens is 3. The SMILES string of the molecule is CC(=O)c1ccc(-n2nc(C(=O)O)c(=O)[nH]c2=O)cc1. The van der Waals surface area contributed by atoms with Crippen LogP contribution >= 0.6 is 0 Å². The summed E-state index contributed by atoms with van der Waals surface area (Å²) in [5.74, 6) is -1.69. The first-order valence-corrected chi connectivity index (χ1v) is 5.48. The molecule has 2 N–H and O–H groups in total. The van der Waals surface area contributed by atoms with Crippen LogP contribution in [0.25, 0.3) is 5.69 Å². The van der Waals surface area contributed by atoms with Crippen LogP contribution in [0.1, 0.15) is 27.8 Å². The number of aromatic amines is 1. The average Bonchev–Trinajstić information content (AvgIpc) is 2.38. The molecule has 0 saturated heterocycles. The first kappa shape index (κ1) is 13.4. The molecule has 1 heterocycles. The van der Waals surface area contributed by atoms with E-state index in [1.165, 1.54) is 31.2 Å². The van der Waals surface area contributed by atoms with Crippen LogP contribution in [0.3, 0.4) is 0 Å². The summed E-state index contributed by atoms with van der Waals surface area (Å²) in [5.41, 5.74) is -2.06. The number of H-pyrrole nitrogens is 1. The largest absolute Gasteiger partial charge is 0.476 e. The number of ketones is 1. The Labute approximate surface area is 111 Å². The molecule has 0 spiro atoms. The van der Waals surface area contributed by atoms with Gasteiger partial charge < -0.3 is 5.11 Å². The lowest BCUT2D eigenvalue weighted by Gasteiger charge is -2.05. The van der Waals surface area contributed by atoms with Crippen molar-refractivity contribution in [1.29, 1.82) is 0 Å². The number of carboxylic acid groups (broad SMARTS) is 1. The third-order valence-corrected chi connectivity index (χ3v) is 2.55. The molecule has 0 radical (unpaired) electrons. The summed E-state index contributed by atoms with van der Waals surface area (Å²) >= 11 is 0. The molecule has 2 aromatic rings. The third-order valence-electron chi connectivity index (χ3n) is 2.55. The van der Waals surface area contributed by atoms with Crippen LogP contribution in [-0.2, 0) is 0 Å². The lowest BCUT2D eigenvalue weighted by atomic mass is 10.1. The summed E-state index contributed by atoms with van der Waals surface area (Å²) in [7, 11) is 0. The highest BCUT2D eigenvalue weighted by atomic mass is 16.4. The normalized spacial score (nSPS) is 10.2. The Morgan fingerprint density at radius 2 is 1.80 bits per heavy atom. The number of nitrogens with zero attached hydrogens (tertiary/aromatic N) is 2. The molecule has 0 aliphatic heterocycles. The van der Waals surface area contributed by atoms with Crippen LogP contribution in [0, 0.1) is 0 Å². The zero-order valence-corrected chi connectivity index (χ0v) is 10.3. The Morgan fingerprint density at radius 1 is 1.20 bits per heavy atom. The van der Waals surface area contributed by atoms with Crippen molar-refractivity contribution in [1.82, 2.24) is 14.8 Å². The highest BCUT2D eigenvalue weighted by Crippen LogP contribution is 2.07. The van der Waals surface area contributed by atoms with Gasteiger partial charge in [0.1, 0.15) is 0 Å². The van der Waals surface area contributed by atoms with Crippen molar-refractivity contribution in [2.24, 2.45) is 0 Å². The van der Waals surface area contributed by atoms with E-state index in [1.807, 2.05) is 4.98 Å². The van der Waals surface area contributed by atoms with Crippen molar-refractivity contribution in [2.75, 3.05) is 0 Å². The lowest BCUT2D eigenvalue weighted by molar-refractivity contribution is 0.0685. The van der Waals surface area contributed by atoms with Crippen molar-refractivity contribution in [2.45, 2.75) is 6.92 Å². The minimum absolute atomic E-state index is 0.149. The van der Waals surface area contributed by atoms with Gasteiger partial charge in [0.25, 0.3) is 5.56 Å². The maximum atomic E-state index is 11.6. The number of nitrogens with one attached hydrogen (secondary N) is 1. The first-order valence-electron chi connectivity index (χ1n) is 5.48. The highest BCUT2D eigenvalue weighted by Gasteiger charge is 2.14. The molecule has 0 fully saturated rings. The summed E-state index contributed by atoms with van der Waals surface area (Å²) in [6.45, 7) is 1.39. The molecule has 0 atom stereocenters. The van der Waals surface area contributed by atoms with Gasteiger partial charge >= 0.3 is 11.7 Å². The zero-order valence-electron chi connectivity index (χ0n) is 10.3. The van der Waals surface area contributed by atoms with Gasteiger partial charge in [0.15, 0.2) is 5.78 Å². The molecule has 8 heteroatoms. The third kappa shape index (κ3) is 2.39. The van der Waals surface area contributed by atoms with Crippen LogP contribution in [0.5, 0.6) is 0 Å². The van der Waals surface area contributed by atoms with E-state index in [4.69, 9.17) is 5.11 Å². The lowest BCUT2D eigenvalue weighted by Crippen LogP contribution is -2.35. The number of hydrogen-bond donors (Lipinski definition) is 2. The Balaban J connectivity index is 2.60. The number of benzene rings is 1. The van der Waals surface area contributed by atoms with E-state index in [1.54, 1.807) is 0 Å². The monoisotopic (exact) mass is 275 g/mol. The molecule has 102 valence electrons. The van der Waals surface area contributed by atoms with Gasteiger partial charge in [0, 0.05) is 5.56 Å². The fraction of sp³-hybridized carbons (Fsp3) is 0.0833. The van der Waals surface area contributed by atoms with E-state index in [0.29, 0.717) is 5.56 Å². The zero-order chi connectivity index (χ0) is 14.9. The second-order valence-electron chi connectivity index (χ2n) is 3.93. The summed E-state index contributed by atoms with van der Waals surface area (Å²) in [5, 5.41) is 12.3. The maximum Gasteiger partial charge on any atom is 0.362 e. The van der Waals surface area contributed by atoms with Gasteiger partial charge in [-0.1, -0.05) is 0 Å². The van der Waals surface area contributed by atoms with E-state index in [2.05, 4.69) is 5.10 Å². The number of aromatic carboxylic acids is 1. The van der Waals surface area contributed by atoms with Crippen LogP contribution in [-0.4, -0.2) is 31.6 Å². The summed E-state index contributed by atoms with van der Waals surface area (Å²) in [6, 6.07) is 5.79. The van der Waals surface area contributed by atoms with Gasteiger partial charge in [-0.05, 0) is 31.2 Å².